The Kier molecular flexibility index (Phi) is 6.50. The molecule has 3 N–H and O–H groups in total. The van der Waals surface area contributed by atoms with Gasteiger partial charge in [-0.25, -0.2) is 0 Å². The molecule has 4 atom stereocenters. The first-order chi connectivity index (χ1) is 13.0. The highest BCUT2D eigenvalue weighted by Crippen LogP contribution is 2.33. The van der Waals surface area contributed by atoms with Crippen LogP contribution >= 0.6 is 0 Å². The third-order valence-corrected chi connectivity index (χ3v) is 5.08. The van der Waals surface area contributed by atoms with Crippen molar-refractivity contribution in [2.75, 3.05) is 13.2 Å². The highest BCUT2D eigenvalue weighted by Gasteiger charge is 2.37. The van der Waals surface area contributed by atoms with Crippen molar-refractivity contribution in [3.05, 3.63) is 64.7 Å². The average Bonchev–Trinajstić information content (AvgIpc) is 2.67. The van der Waals surface area contributed by atoms with E-state index in [9.17, 15) is 15.3 Å². The van der Waals surface area contributed by atoms with Crippen molar-refractivity contribution in [3.8, 4) is 5.75 Å². The summed E-state index contributed by atoms with van der Waals surface area (Å²) in [5.74, 6) is 0.856. The molecule has 1 fully saturated rings. The zero-order chi connectivity index (χ0) is 19.4. The number of aliphatic hydroxyl groups is 3. The number of aryl methyl sites for hydroxylation is 1. The lowest BCUT2D eigenvalue weighted by Gasteiger charge is -2.37. The summed E-state index contributed by atoms with van der Waals surface area (Å²) in [5, 5.41) is 29.8. The van der Waals surface area contributed by atoms with E-state index < -0.39 is 24.4 Å². The van der Waals surface area contributed by atoms with Crippen LogP contribution in [0.4, 0.5) is 0 Å². The maximum Gasteiger partial charge on any atom is 0.119 e. The topological polar surface area (TPSA) is 79.2 Å². The second kappa shape index (κ2) is 8.85. The van der Waals surface area contributed by atoms with E-state index in [-0.39, 0.29) is 13.0 Å². The Morgan fingerprint density at radius 2 is 1.85 bits per heavy atom. The van der Waals surface area contributed by atoms with Crippen molar-refractivity contribution < 1.29 is 24.8 Å². The monoisotopic (exact) mass is 372 g/mol. The highest BCUT2D eigenvalue weighted by atomic mass is 16.5. The summed E-state index contributed by atoms with van der Waals surface area (Å²) in [5.41, 5.74) is 4.26. The Bertz CT molecular complexity index is 743. The molecule has 5 nitrogen and oxygen atoms in total. The summed E-state index contributed by atoms with van der Waals surface area (Å²) < 4.78 is 11.3. The third kappa shape index (κ3) is 4.68. The van der Waals surface area contributed by atoms with Gasteiger partial charge in [0.05, 0.1) is 25.4 Å². The molecule has 0 spiro atoms. The Labute approximate surface area is 160 Å². The van der Waals surface area contributed by atoms with E-state index in [4.69, 9.17) is 9.47 Å². The highest BCUT2D eigenvalue weighted by molar-refractivity contribution is 5.38. The molecule has 27 heavy (non-hydrogen) atoms. The van der Waals surface area contributed by atoms with E-state index in [1.165, 1.54) is 0 Å². The Hall–Kier alpha value is -1.92. The van der Waals surface area contributed by atoms with Crippen molar-refractivity contribution >= 4 is 0 Å². The predicted octanol–water partition coefficient (Wildman–Crippen LogP) is 2.53. The first-order valence-electron chi connectivity index (χ1n) is 9.45. The van der Waals surface area contributed by atoms with Gasteiger partial charge in [-0.2, -0.15) is 0 Å². The zero-order valence-corrected chi connectivity index (χ0v) is 15.8. The van der Waals surface area contributed by atoms with Crippen molar-refractivity contribution in [2.24, 2.45) is 0 Å². The number of benzene rings is 2. The lowest BCUT2D eigenvalue weighted by atomic mass is 9.90. The van der Waals surface area contributed by atoms with Gasteiger partial charge in [0.1, 0.15) is 18.0 Å². The third-order valence-electron chi connectivity index (χ3n) is 5.08. The largest absolute Gasteiger partial charge is 0.494 e. The number of hydrogen-bond acceptors (Lipinski definition) is 5. The first-order valence-corrected chi connectivity index (χ1v) is 9.45. The fourth-order valence-corrected chi connectivity index (χ4v) is 3.50. The summed E-state index contributed by atoms with van der Waals surface area (Å²) in [6.45, 7) is 4.48. The van der Waals surface area contributed by atoms with E-state index in [0.29, 0.717) is 6.61 Å². The molecular formula is C22H28O5. The Balaban J connectivity index is 1.81. The molecule has 1 saturated heterocycles. The molecule has 0 aromatic heterocycles. The van der Waals surface area contributed by atoms with Gasteiger partial charge in [-0.1, -0.05) is 30.3 Å². The molecule has 1 aliphatic rings. The minimum atomic E-state index is -1.01. The van der Waals surface area contributed by atoms with E-state index in [0.717, 1.165) is 34.4 Å². The molecule has 5 heteroatoms. The van der Waals surface area contributed by atoms with Crippen molar-refractivity contribution in [2.45, 2.75) is 51.1 Å². The van der Waals surface area contributed by atoms with E-state index in [1.807, 2.05) is 37.3 Å². The molecule has 2 aromatic rings. The maximum atomic E-state index is 10.4. The lowest BCUT2D eigenvalue weighted by Crippen LogP contribution is -2.44. The summed E-state index contributed by atoms with van der Waals surface area (Å²) in [7, 11) is 0. The van der Waals surface area contributed by atoms with Crippen LogP contribution in [0.2, 0.25) is 0 Å². The van der Waals surface area contributed by atoms with Crippen LogP contribution < -0.4 is 4.74 Å². The van der Waals surface area contributed by atoms with Gasteiger partial charge in [0.15, 0.2) is 0 Å². The van der Waals surface area contributed by atoms with Gasteiger partial charge in [-0.15, -0.1) is 0 Å². The van der Waals surface area contributed by atoms with E-state index in [1.54, 1.807) is 0 Å². The van der Waals surface area contributed by atoms with Crippen LogP contribution in [0, 0.1) is 6.92 Å². The van der Waals surface area contributed by atoms with Gasteiger partial charge < -0.3 is 24.8 Å². The maximum absolute atomic E-state index is 10.4. The molecule has 0 bridgehead atoms. The molecule has 0 aliphatic carbocycles. The number of aliphatic hydroxyl groups excluding tert-OH is 3. The zero-order valence-electron chi connectivity index (χ0n) is 15.8. The molecule has 4 unspecified atom stereocenters. The van der Waals surface area contributed by atoms with Gasteiger partial charge >= 0.3 is 0 Å². The van der Waals surface area contributed by atoms with E-state index in [2.05, 4.69) is 19.1 Å². The predicted molar refractivity (Wildman–Crippen MR) is 103 cm³/mol. The molecule has 1 heterocycles. The number of ether oxygens (including phenoxy) is 2. The average molecular weight is 372 g/mol. The van der Waals surface area contributed by atoms with Gasteiger partial charge in [-0.05, 0) is 54.7 Å². The minimum Gasteiger partial charge on any atom is -0.494 e. The molecular weight excluding hydrogens is 344 g/mol. The first kappa shape index (κ1) is 19.8. The van der Waals surface area contributed by atoms with Crippen LogP contribution in [0.3, 0.4) is 0 Å². The molecule has 2 aromatic carbocycles. The quantitative estimate of drug-likeness (QED) is 0.726. The number of rotatable bonds is 6. The van der Waals surface area contributed by atoms with Crippen LogP contribution in [0.15, 0.2) is 42.5 Å². The standard InChI is InChI=1S/C22H28O5/c1-3-26-18-8-5-15(6-9-18)10-17-11-16(7-4-14(17)2)22-21(25)20(24)12-19(13-23)27-22/h4-9,11,19-25H,3,10,12-13H2,1-2H3. The van der Waals surface area contributed by atoms with E-state index >= 15 is 0 Å². The summed E-state index contributed by atoms with van der Waals surface area (Å²) in [6.07, 6.45) is -2.04. The lowest BCUT2D eigenvalue weighted by molar-refractivity contribution is -0.179. The fourth-order valence-electron chi connectivity index (χ4n) is 3.50. The second-order valence-electron chi connectivity index (χ2n) is 7.09. The van der Waals surface area contributed by atoms with Crippen LogP contribution in [0.1, 0.15) is 41.7 Å². The summed E-state index contributed by atoms with van der Waals surface area (Å²) in [6, 6.07) is 14.0. The second-order valence-corrected chi connectivity index (χ2v) is 7.09. The molecule has 3 rings (SSSR count). The van der Waals surface area contributed by atoms with Crippen molar-refractivity contribution in [3.63, 3.8) is 0 Å². The minimum absolute atomic E-state index is 0.175. The molecule has 0 amide bonds. The van der Waals surface area contributed by atoms with Gasteiger partial charge in [0.25, 0.3) is 0 Å². The Morgan fingerprint density at radius 1 is 1.11 bits per heavy atom. The smallest absolute Gasteiger partial charge is 0.119 e. The van der Waals surface area contributed by atoms with Gasteiger partial charge in [0, 0.05) is 6.42 Å². The van der Waals surface area contributed by atoms with Crippen molar-refractivity contribution in [1.82, 2.24) is 0 Å². The molecule has 146 valence electrons. The SMILES string of the molecule is CCOc1ccc(Cc2cc(C3OC(CO)CC(O)C3O)ccc2C)cc1. The molecule has 0 radical (unpaired) electrons. The van der Waals surface area contributed by atoms with Crippen LogP contribution in [-0.2, 0) is 11.2 Å². The van der Waals surface area contributed by atoms with Crippen LogP contribution in [-0.4, -0.2) is 46.8 Å². The summed E-state index contributed by atoms with van der Waals surface area (Å²) in [4.78, 5) is 0. The number of hydrogen-bond donors (Lipinski definition) is 3. The van der Waals surface area contributed by atoms with Crippen LogP contribution in [0.25, 0.3) is 0 Å². The Morgan fingerprint density at radius 3 is 2.52 bits per heavy atom. The van der Waals surface area contributed by atoms with Crippen LogP contribution in [0.5, 0.6) is 5.75 Å². The fraction of sp³-hybridized carbons (Fsp3) is 0.455. The van der Waals surface area contributed by atoms with Crippen molar-refractivity contribution in [1.29, 1.82) is 0 Å². The molecule has 1 aliphatic heterocycles. The molecule has 0 saturated carbocycles. The normalized spacial score (nSPS) is 25.4. The summed E-state index contributed by atoms with van der Waals surface area (Å²) >= 11 is 0. The van der Waals surface area contributed by atoms with Gasteiger partial charge in [-0.3, -0.25) is 0 Å². The van der Waals surface area contributed by atoms with Gasteiger partial charge in [0.2, 0.25) is 0 Å².